The Morgan fingerprint density at radius 2 is 1.72 bits per heavy atom. The summed E-state index contributed by atoms with van der Waals surface area (Å²) >= 11 is 0. The summed E-state index contributed by atoms with van der Waals surface area (Å²) in [7, 11) is 0. The summed E-state index contributed by atoms with van der Waals surface area (Å²) in [5.41, 5.74) is -1.66. The van der Waals surface area contributed by atoms with Crippen molar-refractivity contribution < 1.29 is 54.4 Å². The molecule has 1 aromatic carbocycles. The van der Waals surface area contributed by atoms with Gasteiger partial charge in [0, 0.05) is 0 Å². The Morgan fingerprint density at radius 1 is 1.09 bits per heavy atom. The molecule has 6 unspecified atom stereocenters. The number of hydrogen-bond acceptors (Lipinski definition) is 10. The highest BCUT2D eigenvalue weighted by molar-refractivity contribution is 5.84. The highest BCUT2D eigenvalue weighted by Crippen LogP contribution is 2.25. The van der Waals surface area contributed by atoms with E-state index < -0.39 is 61.3 Å². The van der Waals surface area contributed by atoms with Crippen LogP contribution in [0.15, 0.2) is 24.3 Å². The van der Waals surface area contributed by atoms with Gasteiger partial charge in [0.25, 0.3) is 0 Å². The monoisotopic (exact) mass is 458 g/mol. The number of aliphatic carboxylic acids is 1. The SMILES string of the molecule is CC(C)CC(O)(CC(=O)OCc1ccc(OC2OC(CO)C(O)C(O)C2O)cc1)C(=O)O. The number of aliphatic hydroxyl groups excluding tert-OH is 4. The minimum absolute atomic E-state index is 0.0958. The molecule has 0 amide bonds. The van der Waals surface area contributed by atoms with E-state index in [1.165, 1.54) is 12.1 Å². The summed E-state index contributed by atoms with van der Waals surface area (Å²) in [4.78, 5) is 23.3. The number of carbonyl (C=O) groups is 2. The van der Waals surface area contributed by atoms with Gasteiger partial charge in [-0.1, -0.05) is 26.0 Å². The number of benzene rings is 1. The smallest absolute Gasteiger partial charge is 0.336 e. The Bertz CT molecular complexity index is 764. The van der Waals surface area contributed by atoms with E-state index in [-0.39, 0.29) is 24.7 Å². The molecule has 0 saturated carbocycles. The van der Waals surface area contributed by atoms with E-state index in [4.69, 9.17) is 14.2 Å². The summed E-state index contributed by atoms with van der Waals surface area (Å²) in [6.07, 6.45) is -7.82. The fourth-order valence-corrected chi connectivity index (χ4v) is 3.33. The zero-order valence-corrected chi connectivity index (χ0v) is 17.8. The first-order chi connectivity index (χ1) is 15.0. The zero-order chi connectivity index (χ0) is 24.1. The first-order valence-electron chi connectivity index (χ1n) is 10.1. The molecule has 0 bridgehead atoms. The molecule has 0 aliphatic carbocycles. The molecule has 1 heterocycles. The normalized spacial score (nSPS) is 27.6. The summed E-state index contributed by atoms with van der Waals surface area (Å²) in [5, 5.41) is 58.2. The molecule has 180 valence electrons. The Balaban J connectivity index is 1.91. The summed E-state index contributed by atoms with van der Waals surface area (Å²) < 4.78 is 15.8. The van der Waals surface area contributed by atoms with Crippen molar-refractivity contribution in [2.45, 2.75) is 69.6 Å². The summed E-state index contributed by atoms with van der Waals surface area (Å²) in [6.45, 7) is 2.71. The number of carboxylic acid groups (broad SMARTS) is 1. The quantitative estimate of drug-likeness (QED) is 0.240. The van der Waals surface area contributed by atoms with Crippen LogP contribution in [-0.4, -0.2) is 85.5 Å². The van der Waals surface area contributed by atoms with Crippen molar-refractivity contribution in [2.75, 3.05) is 6.61 Å². The highest BCUT2D eigenvalue weighted by Gasteiger charge is 2.44. The van der Waals surface area contributed by atoms with E-state index in [1.807, 2.05) is 0 Å². The van der Waals surface area contributed by atoms with Crippen LogP contribution >= 0.6 is 0 Å². The van der Waals surface area contributed by atoms with Gasteiger partial charge in [0.2, 0.25) is 6.29 Å². The third-order valence-corrected chi connectivity index (χ3v) is 5.00. The van der Waals surface area contributed by atoms with Crippen LogP contribution in [0.5, 0.6) is 5.75 Å². The second kappa shape index (κ2) is 11.0. The third kappa shape index (κ3) is 6.61. The number of aliphatic hydroxyl groups is 5. The predicted octanol–water partition coefficient (Wildman–Crippen LogP) is -0.840. The van der Waals surface area contributed by atoms with Gasteiger partial charge in [0.05, 0.1) is 13.0 Å². The lowest BCUT2D eigenvalue weighted by Crippen LogP contribution is -2.60. The Morgan fingerprint density at radius 3 is 2.25 bits per heavy atom. The molecule has 6 N–H and O–H groups in total. The van der Waals surface area contributed by atoms with E-state index in [0.29, 0.717) is 5.56 Å². The molecule has 11 heteroatoms. The second-order valence-electron chi connectivity index (χ2n) is 8.23. The van der Waals surface area contributed by atoms with E-state index in [1.54, 1.807) is 26.0 Å². The number of hydrogen-bond donors (Lipinski definition) is 6. The van der Waals surface area contributed by atoms with Crippen molar-refractivity contribution in [3.8, 4) is 5.75 Å². The van der Waals surface area contributed by atoms with Crippen LogP contribution in [0, 0.1) is 5.92 Å². The Kier molecular flexibility index (Phi) is 8.96. The molecule has 6 atom stereocenters. The standard InChI is InChI=1S/C21H30O11/c1-11(2)7-21(29,20(27)28)8-15(23)30-10-12-3-5-13(6-4-12)31-19-18(26)17(25)16(24)14(9-22)32-19/h3-6,11,14,16-19,22,24-26,29H,7-10H2,1-2H3,(H,27,28). The average Bonchev–Trinajstić information content (AvgIpc) is 2.72. The lowest BCUT2D eigenvalue weighted by molar-refractivity contribution is -0.277. The lowest BCUT2D eigenvalue weighted by atomic mass is 9.89. The largest absolute Gasteiger partial charge is 0.479 e. The van der Waals surface area contributed by atoms with Crippen LogP contribution in [0.1, 0.15) is 32.3 Å². The molecule has 11 nitrogen and oxygen atoms in total. The molecule has 0 aromatic heterocycles. The molecule has 1 aliphatic rings. The van der Waals surface area contributed by atoms with Crippen molar-refractivity contribution in [1.82, 2.24) is 0 Å². The van der Waals surface area contributed by atoms with Crippen LogP contribution < -0.4 is 4.74 Å². The maximum absolute atomic E-state index is 12.0. The van der Waals surface area contributed by atoms with E-state index >= 15 is 0 Å². The summed E-state index contributed by atoms with van der Waals surface area (Å²) in [6, 6.07) is 6.06. The van der Waals surface area contributed by atoms with Gasteiger partial charge in [0.15, 0.2) is 5.60 Å². The molecule has 32 heavy (non-hydrogen) atoms. The van der Waals surface area contributed by atoms with E-state index in [9.17, 15) is 40.2 Å². The predicted molar refractivity (Wildman–Crippen MR) is 107 cm³/mol. The van der Waals surface area contributed by atoms with Crippen LogP contribution in [0.3, 0.4) is 0 Å². The maximum atomic E-state index is 12.0. The van der Waals surface area contributed by atoms with Crippen molar-refractivity contribution in [2.24, 2.45) is 5.92 Å². The number of carboxylic acids is 1. The van der Waals surface area contributed by atoms with Gasteiger partial charge in [-0.3, -0.25) is 4.79 Å². The molecule has 0 radical (unpaired) electrons. The number of ether oxygens (including phenoxy) is 3. The van der Waals surface area contributed by atoms with Crippen LogP contribution in [0.25, 0.3) is 0 Å². The van der Waals surface area contributed by atoms with Gasteiger partial charge in [-0.25, -0.2) is 4.79 Å². The van der Waals surface area contributed by atoms with Gasteiger partial charge in [-0.15, -0.1) is 0 Å². The van der Waals surface area contributed by atoms with Gasteiger partial charge in [-0.2, -0.15) is 0 Å². The van der Waals surface area contributed by atoms with Crippen molar-refractivity contribution in [3.63, 3.8) is 0 Å². The third-order valence-electron chi connectivity index (χ3n) is 5.00. The molecule has 2 rings (SSSR count). The molecule has 0 spiro atoms. The molecule has 1 aliphatic heterocycles. The Labute approximate surface area is 184 Å². The zero-order valence-electron chi connectivity index (χ0n) is 17.8. The van der Waals surface area contributed by atoms with E-state index in [0.717, 1.165) is 0 Å². The van der Waals surface area contributed by atoms with Crippen LogP contribution in [0.2, 0.25) is 0 Å². The molecular weight excluding hydrogens is 428 g/mol. The highest BCUT2D eigenvalue weighted by atomic mass is 16.7. The van der Waals surface area contributed by atoms with E-state index in [2.05, 4.69) is 0 Å². The van der Waals surface area contributed by atoms with Crippen LogP contribution in [0.4, 0.5) is 0 Å². The summed E-state index contributed by atoms with van der Waals surface area (Å²) in [5.74, 6) is -2.25. The van der Waals surface area contributed by atoms with Gasteiger partial charge < -0.3 is 44.8 Å². The molecule has 1 aromatic rings. The fraction of sp³-hybridized carbons (Fsp3) is 0.619. The first kappa shape index (κ1) is 26.0. The average molecular weight is 458 g/mol. The maximum Gasteiger partial charge on any atom is 0.336 e. The minimum Gasteiger partial charge on any atom is -0.479 e. The Hall–Kier alpha value is -2.28. The van der Waals surface area contributed by atoms with Crippen molar-refractivity contribution in [3.05, 3.63) is 29.8 Å². The van der Waals surface area contributed by atoms with Crippen molar-refractivity contribution in [1.29, 1.82) is 0 Å². The topological polar surface area (TPSA) is 183 Å². The van der Waals surface area contributed by atoms with Gasteiger partial charge in [-0.05, 0) is 30.0 Å². The number of rotatable bonds is 10. The van der Waals surface area contributed by atoms with Crippen molar-refractivity contribution >= 4 is 11.9 Å². The number of esters is 1. The molecule has 1 saturated heterocycles. The second-order valence-corrected chi connectivity index (χ2v) is 8.23. The van der Waals surface area contributed by atoms with Crippen LogP contribution in [-0.2, 0) is 25.7 Å². The molecule has 1 fully saturated rings. The minimum atomic E-state index is -2.20. The first-order valence-corrected chi connectivity index (χ1v) is 10.1. The lowest BCUT2D eigenvalue weighted by Gasteiger charge is -2.39. The van der Waals surface area contributed by atoms with Gasteiger partial charge >= 0.3 is 11.9 Å². The molecular formula is C21H30O11. The van der Waals surface area contributed by atoms with Gasteiger partial charge in [0.1, 0.15) is 36.8 Å². The fourth-order valence-electron chi connectivity index (χ4n) is 3.33. The number of carbonyl (C=O) groups excluding carboxylic acids is 1.